The first kappa shape index (κ1) is 15.7. The summed E-state index contributed by atoms with van der Waals surface area (Å²) in [6.07, 6.45) is 3.64. The number of nitrogens with zero attached hydrogens (tertiary/aromatic N) is 2. The molecular weight excluding hydrogens is 280 g/mol. The summed E-state index contributed by atoms with van der Waals surface area (Å²) in [5, 5.41) is 9.20. The fraction of sp³-hybridized carbons (Fsp3) is 0.923. The first-order chi connectivity index (χ1) is 9.27. The number of rotatable bonds is 3. The zero-order valence-electron chi connectivity index (χ0n) is 12.2. The van der Waals surface area contributed by atoms with Crippen molar-refractivity contribution in [3.63, 3.8) is 0 Å². The Balaban J connectivity index is 2.07. The second kappa shape index (κ2) is 5.61. The second-order valence-corrected chi connectivity index (χ2v) is 8.11. The van der Waals surface area contributed by atoms with Gasteiger partial charge in [0.05, 0.1) is 5.41 Å². The van der Waals surface area contributed by atoms with Crippen molar-refractivity contribution in [2.24, 2.45) is 5.41 Å². The van der Waals surface area contributed by atoms with Crippen molar-refractivity contribution in [1.82, 2.24) is 8.61 Å². The molecule has 2 saturated heterocycles. The number of carboxylic acids is 1. The van der Waals surface area contributed by atoms with E-state index in [-0.39, 0.29) is 6.04 Å². The van der Waals surface area contributed by atoms with Crippen LogP contribution in [0.25, 0.3) is 0 Å². The highest BCUT2D eigenvalue weighted by molar-refractivity contribution is 7.86. The number of aliphatic carboxylic acids is 1. The Morgan fingerprint density at radius 2 is 1.80 bits per heavy atom. The van der Waals surface area contributed by atoms with Crippen LogP contribution in [0.4, 0.5) is 0 Å². The largest absolute Gasteiger partial charge is 0.481 e. The number of piperidine rings is 2. The monoisotopic (exact) mass is 304 g/mol. The molecule has 0 spiro atoms. The van der Waals surface area contributed by atoms with Crippen molar-refractivity contribution >= 4 is 16.2 Å². The minimum atomic E-state index is -3.44. The van der Waals surface area contributed by atoms with Crippen molar-refractivity contribution in [3.8, 4) is 0 Å². The summed E-state index contributed by atoms with van der Waals surface area (Å²) in [6, 6.07) is 0.0431. The number of carboxylic acid groups (broad SMARTS) is 1. The average molecular weight is 304 g/mol. The second-order valence-electron chi connectivity index (χ2n) is 6.23. The van der Waals surface area contributed by atoms with Gasteiger partial charge in [-0.3, -0.25) is 4.79 Å². The molecule has 0 aromatic heterocycles. The average Bonchev–Trinajstić information content (AvgIpc) is 2.39. The molecule has 0 aromatic carbocycles. The number of hydrogen-bond donors (Lipinski definition) is 1. The van der Waals surface area contributed by atoms with Crippen LogP contribution in [-0.4, -0.2) is 53.8 Å². The Morgan fingerprint density at radius 1 is 1.20 bits per heavy atom. The summed E-state index contributed by atoms with van der Waals surface area (Å²) in [6.45, 7) is 4.82. The molecule has 1 atom stereocenters. The van der Waals surface area contributed by atoms with Crippen molar-refractivity contribution in [2.75, 3.05) is 19.6 Å². The lowest BCUT2D eigenvalue weighted by atomic mass is 9.81. The summed E-state index contributed by atoms with van der Waals surface area (Å²) in [4.78, 5) is 11.2. The zero-order valence-corrected chi connectivity index (χ0v) is 13.0. The van der Waals surface area contributed by atoms with Gasteiger partial charge in [-0.15, -0.1) is 0 Å². The molecule has 2 aliphatic rings. The summed E-state index contributed by atoms with van der Waals surface area (Å²) in [5.41, 5.74) is -0.792. The predicted molar refractivity (Wildman–Crippen MR) is 75.5 cm³/mol. The van der Waals surface area contributed by atoms with Gasteiger partial charge < -0.3 is 5.11 Å². The molecule has 1 N–H and O–H groups in total. The van der Waals surface area contributed by atoms with E-state index in [2.05, 4.69) is 0 Å². The van der Waals surface area contributed by atoms with E-state index >= 15 is 0 Å². The van der Waals surface area contributed by atoms with E-state index in [9.17, 15) is 18.3 Å². The highest BCUT2D eigenvalue weighted by atomic mass is 32.2. The van der Waals surface area contributed by atoms with Gasteiger partial charge in [-0.25, -0.2) is 0 Å². The molecule has 20 heavy (non-hydrogen) atoms. The molecule has 0 aromatic rings. The first-order valence-corrected chi connectivity index (χ1v) is 8.67. The van der Waals surface area contributed by atoms with Crippen molar-refractivity contribution in [1.29, 1.82) is 0 Å². The standard InChI is InChI=1S/C13H24N2O4S/c1-11-5-3-4-8-15(11)20(18,19)14-9-6-13(2,7-10-14)12(16)17/h11H,3-10H2,1-2H3,(H,16,17). The molecule has 0 amide bonds. The molecule has 0 bridgehead atoms. The van der Waals surface area contributed by atoms with Crippen LogP contribution >= 0.6 is 0 Å². The van der Waals surface area contributed by atoms with E-state index in [0.717, 1.165) is 19.3 Å². The number of carbonyl (C=O) groups is 1. The Labute approximate surface area is 120 Å². The van der Waals surface area contributed by atoms with Crippen molar-refractivity contribution in [2.45, 2.75) is 52.0 Å². The molecule has 2 fully saturated rings. The van der Waals surface area contributed by atoms with Crippen LogP contribution in [0.3, 0.4) is 0 Å². The highest BCUT2D eigenvalue weighted by Gasteiger charge is 2.42. The summed E-state index contributed by atoms with van der Waals surface area (Å²) in [5.74, 6) is -0.833. The topological polar surface area (TPSA) is 77.9 Å². The third-order valence-electron chi connectivity index (χ3n) is 4.71. The lowest BCUT2D eigenvalue weighted by Gasteiger charge is -2.40. The minimum absolute atomic E-state index is 0.0431. The Bertz CT molecular complexity index is 469. The van der Waals surface area contributed by atoms with Crippen molar-refractivity contribution in [3.05, 3.63) is 0 Å². The maximum Gasteiger partial charge on any atom is 0.309 e. The van der Waals surface area contributed by atoms with Crippen LogP contribution in [-0.2, 0) is 15.0 Å². The van der Waals surface area contributed by atoms with Crippen LogP contribution in [0.5, 0.6) is 0 Å². The van der Waals surface area contributed by atoms with E-state index in [1.807, 2.05) is 6.92 Å². The van der Waals surface area contributed by atoms with Crippen LogP contribution < -0.4 is 0 Å². The molecule has 2 rings (SSSR count). The highest BCUT2D eigenvalue weighted by Crippen LogP contribution is 2.33. The molecule has 2 heterocycles. The SMILES string of the molecule is CC1CCCCN1S(=O)(=O)N1CCC(C)(C(=O)O)CC1. The molecule has 0 radical (unpaired) electrons. The lowest BCUT2D eigenvalue weighted by molar-refractivity contribution is -0.150. The normalized spacial score (nSPS) is 29.2. The van der Waals surface area contributed by atoms with E-state index in [4.69, 9.17) is 0 Å². The Kier molecular flexibility index (Phi) is 4.41. The number of hydrogen-bond acceptors (Lipinski definition) is 3. The van der Waals surface area contributed by atoms with Crippen molar-refractivity contribution < 1.29 is 18.3 Å². The molecule has 2 aliphatic heterocycles. The third kappa shape index (κ3) is 2.84. The predicted octanol–water partition coefficient (Wildman–Crippen LogP) is 1.29. The fourth-order valence-corrected chi connectivity index (χ4v) is 4.85. The van der Waals surface area contributed by atoms with E-state index in [1.54, 1.807) is 11.2 Å². The van der Waals surface area contributed by atoms with Crippen LogP contribution in [0, 0.1) is 5.41 Å². The summed E-state index contributed by atoms with van der Waals surface area (Å²) < 4.78 is 28.3. The molecule has 6 nitrogen and oxygen atoms in total. The van der Waals surface area contributed by atoms with Gasteiger partial charge in [0, 0.05) is 25.7 Å². The molecule has 0 saturated carbocycles. The van der Waals surface area contributed by atoms with Gasteiger partial charge >= 0.3 is 5.97 Å². The van der Waals surface area contributed by atoms with Gasteiger partial charge in [0.1, 0.15) is 0 Å². The molecule has 7 heteroatoms. The summed E-state index contributed by atoms with van der Waals surface area (Å²) >= 11 is 0. The molecule has 116 valence electrons. The van der Waals surface area contributed by atoms with Gasteiger partial charge in [0.25, 0.3) is 10.2 Å². The summed E-state index contributed by atoms with van der Waals surface area (Å²) in [7, 11) is -3.44. The van der Waals surface area contributed by atoms with Gasteiger partial charge in [-0.05, 0) is 39.5 Å². The van der Waals surface area contributed by atoms with Gasteiger partial charge in [0.2, 0.25) is 0 Å². The quantitative estimate of drug-likeness (QED) is 0.852. The fourth-order valence-electron chi connectivity index (χ4n) is 2.99. The smallest absolute Gasteiger partial charge is 0.309 e. The first-order valence-electron chi connectivity index (χ1n) is 7.28. The Hall–Kier alpha value is -0.660. The van der Waals surface area contributed by atoms with Gasteiger partial charge in [-0.1, -0.05) is 6.42 Å². The maximum absolute atomic E-state index is 12.6. The van der Waals surface area contributed by atoms with E-state index in [1.165, 1.54) is 4.31 Å². The molecule has 1 unspecified atom stereocenters. The Morgan fingerprint density at radius 3 is 2.30 bits per heavy atom. The van der Waals surface area contributed by atoms with Crippen LogP contribution in [0.2, 0.25) is 0 Å². The maximum atomic E-state index is 12.6. The van der Waals surface area contributed by atoms with E-state index in [0.29, 0.717) is 32.5 Å². The zero-order chi connectivity index (χ0) is 15.0. The van der Waals surface area contributed by atoms with Gasteiger partial charge in [-0.2, -0.15) is 17.0 Å². The third-order valence-corrected chi connectivity index (χ3v) is 6.86. The lowest BCUT2D eigenvalue weighted by Crippen LogP contribution is -2.53. The van der Waals surface area contributed by atoms with Crippen LogP contribution in [0.15, 0.2) is 0 Å². The molecule has 0 aliphatic carbocycles. The van der Waals surface area contributed by atoms with E-state index < -0.39 is 21.6 Å². The molecular formula is C13H24N2O4S. The minimum Gasteiger partial charge on any atom is -0.481 e. The van der Waals surface area contributed by atoms with Crippen LogP contribution in [0.1, 0.15) is 46.0 Å². The van der Waals surface area contributed by atoms with Gasteiger partial charge in [0.15, 0.2) is 0 Å².